The van der Waals surface area contributed by atoms with Crippen molar-refractivity contribution < 1.29 is 9.47 Å². The van der Waals surface area contributed by atoms with Gasteiger partial charge in [-0.15, -0.1) is 0 Å². The fourth-order valence-corrected chi connectivity index (χ4v) is 3.43. The van der Waals surface area contributed by atoms with Gasteiger partial charge in [0.05, 0.1) is 11.4 Å². The van der Waals surface area contributed by atoms with Gasteiger partial charge in [0.15, 0.2) is 11.5 Å². The molecule has 0 saturated heterocycles. The van der Waals surface area contributed by atoms with Gasteiger partial charge in [0.1, 0.15) is 6.17 Å². The van der Waals surface area contributed by atoms with Gasteiger partial charge in [-0.05, 0) is 44.2 Å². The van der Waals surface area contributed by atoms with E-state index in [0.29, 0.717) is 0 Å². The molecule has 0 unspecified atom stereocenters. The highest BCUT2D eigenvalue weighted by Gasteiger charge is 2.27. The standard InChI is InChI=1S/C19H17N3O2/c1-11-3-5-15-14(7-11)16-8-12(2)21-22(16)19(20-15)13-4-6-17-18(9-13)24-10-23-17/h3-9,19-20H,10H2,1-2H3/t19-/m0/s1. The van der Waals surface area contributed by atoms with E-state index in [4.69, 9.17) is 14.6 Å². The average molecular weight is 319 g/mol. The molecule has 0 saturated carbocycles. The monoisotopic (exact) mass is 319 g/mol. The third-order valence-electron chi connectivity index (χ3n) is 4.56. The molecule has 3 aromatic rings. The Bertz CT molecular complexity index is 961. The Hall–Kier alpha value is -2.95. The van der Waals surface area contributed by atoms with Crippen molar-refractivity contribution in [2.75, 3.05) is 12.1 Å². The van der Waals surface area contributed by atoms with Gasteiger partial charge in [-0.3, -0.25) is 0 Å². The van der Waals surface area contributed by atoms with E-state index in [2.05, 4.69) is 47.3 Å². The summed E-state index contributed by atoms with van der Waals surface area (Å²) in [5, 5.41) is 8.32. The molecule has 120 valence electrons. The minimum atomic E-state index is -0.0709. The quantitative estimate of drug-likeness (QED) is 0.740. The Labute approximate surface area is 139 Å². The van der Waals surface area contributed by atoms with Crippen LogP contribution in [0.5, 0.6) is 11.5 Å². The molecule has 0 bridgehead atoms. The van der Waals surface area contributed by atoms with Gasteiger partial charge in [0.25, 0.3) is 0 Å². The highest BCUT2D eigenvalue weighted by Crippen LogP contribution is 2.41. The van der Waals surface area contributed by atoms with Crippen molar-refractivity contribution in [1.82, 2.24) is 9.78 Å². The van der Waals surface area contributed by atoms with Crippen LogP contribution in [0.4, 0.5) is 5.69 Å². The molecule has 0 spiro atoms. The summed E-state index contributed by atoms with van der Waals surface area (Å²) in [6, 6.07) is 14.6. The molecule has 5 nitrogen and oxygen atoms in total. The topological polar surface area (TPSA) is 48.3 Å². The molecule has 0 aliphatic carbocycles. The number of benzene rings is 2. The largest absolute Gasteiger partial charge is 0.454 e. The lowest BCUT2D eigenvalue weighted by atomic mass is 10.0. The number of rotatable bonds is 1. The fourth-order valence-electron chi connectivity index (χ4n) is 3.43. The van der Waals surface area contributed by atoms with E-state index >= 15 is 0 Å². The minimum Gasteiger partial charge on any atom is -0.454 e. The van der Waals surface area contributed by atoms with E-state index in [0.717, 1.165) is 34.1 Å². The molecule has 0 fully saturated rings. The molecular weight excluding hydrogens is 302 g/mol. The van der Waals surface area contributed by atoms with E-state index in [1.165, 1.54) is 11.1 Å². The Kier molecular flexibility index (Phi) is 2.68. The molecule has 1 N–H and O–H groups in total. The number of nitrogens with one attached hydrogen (secondary N) is 1. The lowest BCUT2D eigenvalue weighted by molar-refractivity contribution is 0.174. The molecule has 1 aromatic heterocycles. The van der Waals surface area contributed by atoms with Crippen LogP contribution >= 0.6 is 0 Å². The maximum absolute atomic E-state index is 5.53. The van der Waals surface area contributed by atoms with Crippen LogP contribution in [0, 0.1) is 13.8 Å². The lowest BCUT2D eigenvalue weighted by Crippen LogP contribution is -2.25. The number of hydrogen-bond acceptors (Lipinski definition) is 4. The van der Waals surface area contributed by atoms with Gasteiger partial charge in [-0.2, -0.15) is 5.10 Å². The number of anilines is 1. The maximum Gasteiger partial charge on any atom is 0.231 e. The van der Waals surface area contributed by atoms with Crippen molar-refractivity contribution >= 4 is 5.69 Å². The van der Waals surface area contributed by atoms with Crippen LogP contribution in [0.2, 0.25) is 0 Å². The average Bonchev–Trinajstić information content (AvgIpc) is 3.19. The van der Waals surface area contributed by atoms with Crippen LogP contribution in [-0.4, -0.2) is 16.6 Å². The predicted molar refractivity (Wildman–Crippen MR) is 91.5 cm³/mol. The first-order valence-corrected chi connectivity index (χ1v) is 8.02. The lowest BCUT2D eigenvalue weighted by Gasteiger charge is -2.29. The second-order valence-corrected chi connectivity index (χ2v) is 6.32. The number of aryl methyl sites for hydroxylation is 2. The van der Waals surface area contributed by atoms with Crippen molar-refractivity contribution in [3.63, 3.8) is 0 Å². The molecular formula is C19H17N3O2. The van der Waals surface area contributed by atoms with E-state index in [9.17, 15) is 0 Å². The second-order valence-electron chi connectivity index (χ2n) is 6.32. The third kappa shape index (κ3) is 1.91. The van der Waals surface area contributed by atoms with Crippen LogP contribution in [-0.2, 0) is 0 Å². The van der Waals surface area contributed by atoms with E-state index in [1.54, 1.807) is 0 Å². The number of nitrogens with zero attached hydrogens (tertiary/aromatic N) is 2. The molecule has 0 amide bonds. The number of aromatic nitrogens is 2. The fraction of sp³-hybridized carbons (Fsp3) is 0.211. The first-order chi connectivity index (χ1) is 11.7. The normalized spacial score (nSPS) is 17.2. The minimum absolute atomic E-state index is 0.0709. The Morgan fingerprint density at radius 1 is 1.04 bits per heavy atom. The maximum atomic E-state index is 5.53. The summed E-state index contributed by atoms with van der Waals surface area (Å²) in [5.41, 5.74) is 6.78. The summed E-state index contributed by atoms with van der Waals surface area (Å²) >= 11 is 0. The summed E-state index contributed by atoms with van der Waals surface area (Å²) in [4.78, 5) is 0. The first kappa shape index (κ1) is 13.5. The molecule has 0 radical (unpaired) electrons. The van der Waals surface area contributed by atoms with Crippen LogP contribution in [0.3, 0.4) is 0 Å². The number of ether oxygens (including phenoxy) is 2. The zero-order chi connectivity index (χ0) is 16.3. The van der Waals surface area contributed by atoms with Crippen LogP contribution in [0.25, 0.3) is 11.3 Å². The number of hydrogen-bond donors (Lipinski definition) is 1. The Morgan fingerprint density at radius 3 is 2.83 bits per heavy atom. The van der Waals surface area contributed by atoms with Gasteiger partial charge in [0.2, 0.25) is 6.79 Å². The highest BCUT2D eigenvalue weighted by molar-refractivity contribution is 5.79. The summed E-state index contributed by atoms with van der Waals surface area (Å²) in [6.45, 7) is 4.42. The van der Waals surface area contributed by atoms with Crippen LogP contribution in [0.1, 0.15) is 23.0 Å². The smallest absolute Gasteiger partial charge is 0.231 e. The van der Waals surface area contributed by atoms with Crippen molar-refractivity contribution in [1.29, 1.82) is 0 Å². The van der Waals surface area contributed by atoms with Gasteiger partial charge in [-0.1, -0.05) is 17.7 Å². The predicted octanol–water partition coefficient (Wildman–Crippen LogP) is 3.87. The van der Waals surface area contributed by atoms with Gasteiger partial charge >= 0.3 is 0 Å². The number of fused-ring (bicyclic) bond motifs is 4. The van der Waals surface area contributed by atoms with Gasteiger partial charge in [0, 0.05) is 16.8 Å². The van der Waals surface area contributed by atoms with Gasteiger partial charge < -0.3 is 14.8 Å². The SMILES string of the molecule is Cc1ccc2c(c1)-c1cc(C)nn1[C@@H](c1ccc3c(c1)OCO3)N2. The van der Waals surface area contributed by atoms with Crippen LogP contribution < -0.4 is 14.8 Å². The van der Waals surface area contributed by atoms with Gasteiger partial charge in [-0.25, -0.2) is 4.68 Å². The molecule has 24 heavy (non-hydrogen) atoms. The van der Waals surface area contributed by atoms with E-state index in [1.807, 2.05) is 19.1 Å². The summed E-state index contributed by atoms with van der Waals surface area (Å²) in [6.07, 6.45) is -0.0709. The zero-order valence-corrected chi connectivity index (χ0v) is 13.5. The molecule has 1 atom stereocenters. The van der Waals surface area contributed by atoms with Crippen molar-refractivity contribution in [2.24, 2.45) is 0 Å². The van der Waals surface area contributed by atoms with Crippen molar-refractivity contribution in [3.05, 3.63) is 59.3 Å². The first-order valence-electron chi connectivity index (χ1n) is 8.02. The van der Waals surface area contributed by atoms with E-state index in [-0.39, 0.29) is 13.0 Å². The third-order valence-corrected chi connectivity index (χ3v) is 4.56. The molecule has 2 aliphatic rings. The zero-order valence-electron chi connectivity index (χ0n) is 13.5. The molecule has 5 rings (SSSR count). The van der Waals surface area contributed by atoms with E-state index < -0.39 is 0 Å². The van der Waals surface area contributed by atoms with Crippen molar-refractivity contribution in [2.45, 2.75) is 20.0 Å². The molecule has 2 aromatic carbocycles. The molecule has 3 heterocycles. The molecule has 5 heteroatoms. The Balaban J connectivity index is 1.67. The summed E-state index contributed by atoms with van der Waals surface area (Å²) < 4.78 is 13.0. The Morgan fingerprint density at radius 2 is 1.92 bits per heavy atom. The summed E-state index contributed by atoms with van der Waals surface area (Å²) in [5.74, 6) is 1.58. The molecule has 2 aliphatic heterocycles. The second kappa shape index (κ2) is 4.77. The highest BCUT2D eigenvalue weighted by atomic mass is 16.7. The summed E-state index contributed by atoms with van der Waals surface area (Å²) in [7, 11) is 0. The van der Waals surface area contributed by atoms with Crippen LogP contribution in [0.15, 0.2) is 42.5 Å². The van der Waals surface area contributed by atoms with Crippen molar-refractivity contribution in [3.8, 4) is 22.8 Å².